The number of hydrogen-bond donors (Lipinski definition) is 1. The Balaban J connectivity index is 3.09. The van der Waals surface area contributed by atoms with E-state index in [0.29, 0.717) is 12.6 Å². The highest BCUT2D eigenvalue weighted by Gasteiger charge is 2.18. The van der Waals surface area contributed by atoms with Crippen LogP contribution in [-0.4, -0.2) is 37.4 Å². The number of ether oxygens (including phenoxy) is 1. The van der Waals surface area contributed by atoms with Crippen molar-refractivity contribution in [2.45, 2.75) is 32.7 Å². The molecule has 20 heavy (non-hydrogen) atoms. The van der Waals surface area contributed by atoms with E-state index < -0.39 is 5.97 Å². The number of aromatic carboxylic acids is 1. The molecule has 0 unspecified atom stereocenters. The molecule has 0 amide bonds. The van der Waals surface area contributed by atoms with E-state index in [1.54, 1.807) is 19.2 Å². The van der Waals surface area contributed by atoms with Gasteiger partial charge in [-0.05, 0) is 47.0 Å². The number of carboxylic acid groups (broad SMARTS) is 1. The molecule has 0 aliphatic rings. The van der Waals surface area contributed by atoms with Crippen molar-refractivity contribution >= 4 is 27.6 Å². The molecule has 0 bridgehead atoms. The van der Waals surface area contributed by atoms with Gasteiger partial charge in [0.1, 0.15) is 0 Å². The second kappa shape index (κ2) is 8.27. The van der Waals surface area contributed by atoms with E-state index in [0.717, 1.165) is 29.5 Å². The van der Waals surface area contributed by atoms with Gasteiger partial charge >= 0.3 is 5.97 Å². The molecule has 0 aliphatic carbocycles. The van der Waals surface area contributed by atoms with E-state index in [1.165, 1.54) is 0 Å². The molecular weight excluding hydrogens is 322 g/mol. The van der Waals surface area contributed by atoms with Gasteiger partial charge in [-0.25, -0.2) is 4.79 Å². The van der Waals surface area contributed by atoms with E-state index in [9.17, 15) is 4.79 Å². The van der Waals surface area contributed by atoms with Crippen molar-refractivity contribution in [2.24, 2.45) is 0 Å². The first-order valence-corrected chi connectivity index (χ1v) is 7.62. The molecule has 0 atom stereocenters. The maximum absolute atomic E-state index is 11.0. The summed E-state index contributed by atoms with van der Waals surface area (Å²) in [7, 11) is 1.69. The summed E-state index contributed by atoms with van der Waals surface area (Å²) >= 11 is 3.49. The number of benzene rings is 1. The fourth-order valence-electron chi connectivity index (χ4n) is 2.29. The highest BCUT2D eigenvalue weighted by molar-refractivity contribution is 9.10. The SMILES string of the molecule is CCC(CC)N(CCOC)c1ccc(C(=O)O)cc1Br. The molecule has 1 aromatic rings. The molecule has 0 aromatic heterocycles. The molecule has 5 heteroatoms. The van der Waals surface area contributed by atoms with Crippen LogP contribution in [0.25, 0.3) is 0 Å². The van der Waals surface area contributed by atoms with Crippen LogP contribution in [0.1, 0.15) is 37.0 Å². The second-order valence-electron chi connectivity index (χ2n) is 4.63. The Labute approximate surface area is 128 Å². The van der Waals surface area contributed by atoms with E-state index >= 15 is 0 Å². The van der Waals surface area contributed by atoms with Crippen molar-refractivity contribution in [2.75, 3.05) is 25.2 Å². The van der Waals surface area contributed by atoms with Crippen LogP contribution >= 0.6 is 15.9 Å². The summed E-state index contributed by atoms with van der Waals surface area (Å²) in [6.07, 6.45) is 2.07. The van der Waals surface area contributed by atoms with Gasteiger partial charge in [-0.1, -0.05) is 13.8 Å². The molecular formula is C15H22BrNO3. The van der Waals surface area contributed by atoms with Crippen molar-refractivity contribution in [3.63, 3.8) is 0 Å². The number of halogens is 1. The molecule has 0 saturated heterocycles. The molecule has 4 nitrogen and oxygen atoms in total. The number of hydrogen-bond acceptors (Lipinski definition) is 3. The number of rotatable bonds is 8. The summed E-state index contributed by atoms with van der Waals surface area (Å²) in [5.74, 6) is -0.914. The van der Waals surface area contributed by atoms with Crippen molar-refractivity contribution in [1.82, 2.24) is 0 Å². The first-order chi connectivity index (χ1) is 9.54. The molecule has 0 fully saturated rings. The zero-order chi connectivity index (χ0) is 15.1. The minimum atomic E-state index is -0.914. The smallest absolute Gasteiger partial charge is 0.335 e. The van der Waals surface area contributed by atoms with Crippen LogP contribution in [0.4, 0.5) is 5.69 Å². The Hall–Kier alpha value is -1.07. The molecule has 1 aromatic carbocycles. The standard InChI is InChI=1S/C15H22BrNO3/c1-4-12(5-2)17(8-9-20-3)14-7-6-11(15(18)19)10-13(14)16/h6-7,10,12H,4-5,8-9H2,1-3H3,(H,18,19). The maximum atomic E-state index is 11.0. The predicted molar refractivity (Wildman–Crippen MR) is 84.7 cm³/mol. The van der Waals surface area contributed by atoms with Crippen LogP contribution in [0.15, 0.2) is 22.7 Å². The van der Waals surface area contributed by atoms with E-state index in [4.69, 9.17) is 9.84 Å². The van der Waals surface area contributed by atoms with E-state index in [-0.39, 0.29) is 5.56 Å². The van der Waals surface area contributed by atoms with Gasteiger partial charge in [-0.3, -0.25) is 0 Å². The third-order valence-corrected chi connectivity index (χ3v) is 4.06. The van der Waals surface area contributed by atoms with Crippen LogP contribution in [0.2, 0.25) is 0 Å². The molecule has 1 rings (SSSR count). The van der Waals surface area contributed by atoms with Gasteiger partial charge in [-0.15, -0.1) is 0 Å². The molecule has 0 heterocycles. The first kappa shape index (κ1) is 17.0. The fraction of sp³-hybridized carbons (Fsp3) is 0.533. The largest absolute Gasteiger partial charge is 0.478 e. The zero-order valence-electron chi connectivity index (χ0n) is 12.2. The molecule has 1 N–H and O–H groups in total. The summed E-state index contributed by atoms with van der Waals surface area (Å²) in [6, 6.07) is 5.57. The summed E-state index contributed by atoms with van der Waals surface area (Å²) in [5, 5.41) is 9.03. The summed E-state index contributed by atoms with van der Waals surface area (Å²) in [4.78, 5) is 13.3. The summed E-state index contributed by atoms with van der Waals surface area (Å²) < 4.78 is 5.99. The lowest BCUT2D eigenvalue weighted by atomic mass is 10.1. The minimum Gasteiger partial charge on any atom is -0.478 e. The lowest BCUT2D eigenvalue weighted by molar-refractivity contribution is 0.0697. The van der Waals surface area contributed by atoms with Gasteiger partial charge in [0.25, 0.3) is 0 Å². The third-order valence-electron chi connectivity index (χ3n) is 3.42. The lowest BCUT2D eigenvalue weighted by Crippen LogP contribution is -2.37. The van der Waals surface area contributed by atoms with Crippen molar-refractivity contribution < 1.29 is 14.6 Å². The quantitative estimate of drug-likeness (QED) is 0.780. The van der Waals surface area contributed by atoms with Crippen molar-refractivity contribution in [3.05, 3.63) is 28.2 Å². The normalized spacial score (nSPS) is 10.8. The van der Waals surface area contributed by atoms with Gasteiger partial charge in [0.15, 0.2) is 0 Å². The Kier molecular flexibility index (Phi) is 7.02. The second-order valence-corrected chi connectivity index (χ2v) is 5.48. The molecule has 0 aliphatic heterocycles. The highest BCUT2D eigenvalue weighted by atomic mass is 79.9. The average Bonchev–Trinajstić information content (AvgIpc) is 2.43. The predicted octanol–water partition coefficient (Wildman–Crippen LogP) is 3.79. The highest BCUT2D eigenvalue weighted by Crippen LogP contribution is 2.30. The summed E-state index contributed by atoms with van der Waals surface area (Å²) in [5.41, 5.74) is 1.30. The van der Waals surface area contributed by atoms with Gasteiger partial charge in [-0.2, -0.15) is 0 Å². The fourth-order valence-corrected chi connectivity index (χ4v) is 2.90. The van der Waals surface area contributed by atoms with Crippen LogP contribution in [0.5, 0.6) is 0 Å². The van der Waals surface area contributed by atoms with Gasteiger partial charge in [0.2, 0.25) is 0 Å². The number of nitrogens with zero attached hydrogens (tertiary/aromatic N) is 1. The van der Waals surface area contributed by atoms with Gasteiger partial charge in [0.05, 0.1) is 17.9 Å². The maximum Gasteiger partial charge on any atom is 0.335 e. The number of carboxylic acids is 1. The van der Waals surface area contributed by atoms with E-state index in [2.05, 4.69) is 34.7 Å². The Morgan fingerprint density at radius 2 is 2.05 bits per heavy atom. The monoisotopic (exact) mass is 343 g/mol. The Morgan fingerprint density at radius 1 is 1.40 bits per heavy atom. The van der Waals surface area contributed by atoms with Crippen LogP contribution in [0.3, 0.4) is 0 Å². The van der Waals surface area contributed by atoms with Gasteiger partial charge < -0.3 is 14.7 Å². The lowest BCUT2D eigenvalue weighted by Gasteiger charge is -2.33. The molecule has 0 spiro atoms. The number of carbonyl (C=O) groups is 1. The number of methoxy groups -OCH3 is 1. The zero-order valence-corrected chi connectivity index (χ0v) is 13.8. The van der Waals surface area contributed by atoms with Crippen LogP contribution in [-0.2, 0) is 4.74 Å². The molecule has 0 saturated carbocycles. The van der Waals surface area contributed by atoms with Crippen molar-refractivity contribution in [1.29, 1.82) is 0 Å². The van der Waals surface area contributed by atoms with E-state index in [1.807, 2.05) is 6.07 Å². The Morgan fingerprint density at radius 3 is 2.50 bits per heavy atom. The average molecular weight is 344 g/mol. The van der Waals surface area contributed by atoms with Gasteiger partial charge in [0, 0.05) is 24.2 Å². The summed E-state index contributed by atoms with van der Waals surface area (Å²) in [6.45, 7) is 5.75. The van der Waals surface area contributed by atoms with Crippen molar-refractivity contribution in [3.8, 4) is 0 Å². The Bertz CT molecular complexity index is 447. The van der Waals surface area contributed by atoms with Crippen LogP contribution < -0.4 is 4.90 Å². The third kappa shape index (κ3) is 4.21. The van der Waals surface area contributed by atoms with Crippen LogP contribution in [0, 0.1) is 0 Å². The first-order valence-electron chi connectivity index (χ1n) is 6.83. The molecule has 0 radical (unpaired) electrons. The number of anilines is 1. The molecule has 112 valence electrons. The topological polar surface area (TPSA) is 49.8 Å². The minimum absolute atomic E-state index is 0.289.